The molecule has 0 saturated carbocycles. The summed E-state index contributed by atoms with van der Waals surface area (Å²) in [5, 5.41) is 4.58. The van der Waals surface area contributed by atoms with Gasteiger partial charge in [-0.05, 0) is 89.5 Å². The Kier molecular flexibility index (Phi) is 26.9. The van der Waals surface area contributed by atoms with E-state index >= 15 is 0 Å². The Morgan fingerprint density at radius 1 is 0.773 bits per heavy atom. The van der Waals surface area contributed by atoms with Crippen molar-refractivity contribution in [3.8, 4) is 11.4 Å². The number of morpholine rings is 1. The predicted molar refractivity (Wildman–Crippen MR) is 279 cm³/mol. The van der Waals surface area contributed by atoms with Crippen molar-refractivity contribution in [1.82, 2.24) is 54.5 Å². The third-order valence-corrected chi connectivity index (χ3v) is 9.99. The number of ether oxygens (including phenoxy) is 1. The van der Waals surface area contributed by atoms with Crippen LogP contribution in [0, 0.1) is 27.7 Å². The van der Waals surface area contributed by atoms with Crippen molar-refractivity contribution in [2.24, 2.45) is 4.30 Å². The number of aryl methyl sites for hydroxylation is 4. The number of rotatable bonds is 3. The summed E-state index contributed by atoms with van der Waals surface area (Å²) in [5.74, 6) is 2.66. The van der Waals surface area contributed by atoms with Crippen LogP contribution >= 0.6 is 28.7 Å². The van der Waals surface area contributed by atoms with E-state index in [1.54, 1.807) is 37.8 Å². The van der Waals surface area contributed by atoms with E-state index in [2.05, 4.69) is 90.6 Å². The molecule has 6 aromatic rings. The molecule has 0 aliphatic carbocycles. The van der Waals surface area contributed by atoms with Crippen LogP contribution in [-0.2, 0) is 14.0 Å². The molecule has 8 rings (SSSR count). The SMILES string of the molecule is C.C.C.C.Cc1ccnc(N)n1.Cc1nc(N)ncc1-c1nc(N2CCOCC2)c2cccn2n1.Cc1nc(N)ncc1B1OC(C)(C)C(C)(C)O1.Cc1nc(N)ncc1Br.[2H]CC.[B]=NS. The fourth-order valence-corrected chi connectivity index (χ4v) is 5.57. The third kappa shape index (κ3) is 17.8. The van der Waals surface area contributed by atoms with Gasteiger partial charge in [-0.1, -0.05) is 43.5 Å². The number of aromatic nitrogens is 11. The summed E-state index contributed by atoms with van der Waals surface area (Å²) in [4.78, 5) is 38.6. The average Bonchev–Trinajstić information content (AvgIpc) is 3.77. The van der Waals surface area contributed by atoms with Gasteiger partial charge in [-0.25, -0.2) is 49.4 Å². The van der Waals surface area contributed by atoms with Gasteiger partial charge in [-0.3, -0.25) is 0 Å². The predicted octanol–water partition coefficient (Wildman–Crippen LogP) is 6.83. The minimum atomic E-state index is -0.430. The van der Waals surface area contributed by atoms with E-state index in [4.69, 9.17) is 43.3 Å². The number of anilines is 5. The third-order valence-electron chi connectivity index (χ3n) is 9.22. The van der Waals surface area contributed by atoms with Crippen molar-refractivity contribution in [1.29, 1.82) is 0 Å². The Morgan fingerprint density at radius 2 is 1.27 bits per heavy atom. The van der Waals surface area contributed by atoms with Crippen LogP contribution in [0.1, 0.15) is 95.4 Å². The van der Waals surface area contributed by atoms with Crippen LogP contribution in [-0.4, -0.2) is 107 Å². The van der Waals surface area contributed by atoms with E-state index in [9.17, 15) is 0 Å². The molecule has 2 fully saturated rings. The summed E-state index contributed by atoms with van der Waals surface area (Å²) < 4.78 is 28.9. The minimum absolute atomic E-state index is 0. The van der Waals surface area contributed by atoms with Crippen molar-refractivity contribution in [3.05, 3.63) is 76.4 Å². The quantitative estimate of drug-likeness (QED) is 0.0897. The Hall–Kier alpha value is -5.42. The molecule has 2 aliphatic heterocycles. The molecule has 361 valence electrons. The van der Waals surface area contributed by atoms with Gasteiger partial charge in [0.05, 0.1) is 45.8 Å². The summed E-state index contributed by atoms with van der Waals surface area (Å²) >= 11 is 6.44. The molecule has 2 saturated heterocycles. The number of hydrogen-bond donors (Lipinski definition) is 5. The van der Waals surface area contributed by atoms with Crippen molar-refractivity contribution in [2.75, 3.05) is 54.1 Å². The normalized spacial score (nSPS) is 13.8. The molecule has 0 bridgehead atoms. The van der Waals surface area contributed by atoms with Crippen LogP contribution in [0.3, 0.4) is 0 Å². The van der Waals surface area contributed by atoms with Crippen molar-refractivity contribution in [2.45, 2.75) is 110 Å². The molecule has 6 aromatic heterocycles. The van der Waals surface area contributed by atoms with E-state index < -0.39 is 7.12 Å². The van der Waals surface area contributed by atoms with Gasteiger partial charge in [0, 0.05) is 62.3 Å². The second kappa shape index (κ2) is 29.3. The summed E-state index contributed by atoms with van der Waals surface area (Å²) in [6, 6.07) is 5.78. The molecule has 1 radical (unpaired) electrons. The zero-order chi connectivity index (χ0) is 46.9. The van der Waals surface area contributed by atoms with Crippen LogP contribution in [0.15, 0.2) is 58.0 Å². The molecule has 8 N–H and O–H groups in total. The van der Waals surface area contributed by atoms with Gasteiger partial charge in [0.25, 0.3) is 0 Å². The van der Waals surface area contributed by atoms with Crippen molar-refractivity contribution >= 4 is 84.1 Å². The number of halogens is 1. The average molecular weight is 997 g/mol. The number of fused-ring (bicyclic) bond motifs is 1. The second-order valence-electron chi connectivity index (χ2n) is 14.1. The van der Waals surface area contributed by atoms with Crippen molar-refractivity contribution in [3.63, 3.8) is 0 Å². The molecular weight excluding hydrogens is 924 g/mol. The molecule has 20 nitrogen and oxygen atoms in total. The Bertz CT molecular complexity index is 2370. The van der Waals surface area contributed by atoms with Gasteiger partial charge in [-0.15, -0.1) is 5.10 Å². The van der Waals surface area contributed by atoms with Crippen LogP contribution in [0.4, 0.5) is 29.6 Å². The van der Waals surface area contributed by atoms with Crippen molar-refractivity contribution < 1.29 is 15.4 Å². The van der Waals surface area contributed by atoms with Crippen LogP contribution in [0.5, 0.6) is 0 Å². The van der Waals surface area contributed by atoms with E-state index in [1.807, 2.05) is 78.2 Å². The number of nitrogens with two attached hydrogens (primary N) is 4. The van der Waals surface area contributed by atoms with Crippen LogP contribution in [0.25, 0.3) is 16.9 Å². The second-order valence-corrected chi connectivity index (χ2v) is 15.2. The van der Waals surface area contributed by atoms with E-state index in [-0.39, 0.29) is 52.8 Å². The van der Waals surface area contributed by atoms with Crippen LogP contribution < -0.4 is 33.3 Å². The first-order valence-electron chi connectivity index (χ1n) is 19.8. The summed E-state index contributed by atoms with van der Waals surface area (Å²) in [6.45, 7) is 20.9. The Labute approximate surface area is 408 Å². The standard InChI is InChI=1S/C15H17N7O.C11H18BN3O2.C5H6BrN3.C5H7N3.C2H6.4CH4.BHNS/c1-10-11(9-17-15(16)18-10)13-19-14(21-5-7-23-8-6-21)12-3-2-4-22(12)20-13;1-7-8(6-14-9(13)15-7)12-16-10(2,3)11(4,5)17-12;1-3-4(6)2-8-5(7)9-3;1-4-2-3-7-5(6)8-4;1-2;;;;;1-2-3/h2-4,9H,5-8H2,1H3,(H2,16,17,18);6H,1-5H3,(H2,13,14,15);2H,1H3,(H2,7,8,9);2-3H,1H3,(H2,6,7,8);1-2H3;4*1H4;3H/i;;;;1D;;;;;. The molecule has 0 spiro atoms. The topological polar surface area (TPSA) is 281 Å². The van der Waals surface area contributed by atoms with Gasteiger partial charge in [0.1, 0.15) is 5.52 Å². The van der Waals surface area contributed by atoms with E-state index in [0.717, 1.165) is 62.7 Å². The maximum absolute atomic E-state index is 6.21. The number of nitrogen functional groups attached to an aromatic ring is 4. The molecule has 0 aromatic carbocycles. The zero-order valence-corrected chi connectivity index (χ0v) is 39.0. The monoisotopic (exact) mass is 996 g/mol. The van der Waals surface area contributed by atoms with E-state index in [0.29, 0.717) is 37.8 Å². The number of nitrogens with zero attached hydrogens (tertiary/aromatic N) is 13. The summed E-state index contributed by atoms with van der Waals surface area (Å²) in [5.41, 5.74) is 26.9. The molecule has 0 unspecified atom stereocenters. The van der Waals surface area contributed by atoms with Gasteiger partial charge >= 0.3 is 31.9 Å². The summed E-state index contributed by atoms with van der Waals surface area (Å²) in [6.07, 6.45) is 8.53. The first-order chi connectivity index (χ1) is 29.8. The van der Waals surface area contributed by atoms with Gasteiger partial charge < -0.3 is 41.9 Å². The molecule has 2 aliphatic rings. The maximum atomic E-state index is 6.21. The fraction of sp³-hybridized carbons (Fsp3) is 0.476. The number of hydrogen-bond acceptors (Lipinski definition) is 20. The molecular formula is C42H71B2BrN17O3S. The van der Waals surface area contributed by atoms with Gasteiger partial charge in [-0.2, -0.15) is 0 Å². The molecule has 0 amide bonds. The molecule has 24 heteroatoms. The van der Waals surface area contributed by atoms with Gasteiger partial charge in [0.15, 0.2) is 11.6 Å². The first-order valence-corrected chi connectivity index (χ1v) is 20.3. The fourth-order valence-electron chi connectivity index (χ4n) is 5.38. The summed E-state index contributed by atoms with van der Waals surface area (Å²) in [7, 11) is 3.91. The first kappa shape index (κ1) is 60.6. The Morgan fingerprint density at radius 3 is 1.74 bits per heavy atom. The Balaban J connectivity index is 0. The zero-order valence-electron chi connectivity index (χ0n) is 37.5. The molecule has 66 heavy (non-hydrogen) atoms. The van der Waals surface area contributed by atoms with Crippen LogP contribution in [0.2, 0.25) is 0 Å². The molecule has 8 heterocycles. The van der Waals surface area contributed by atoms with Gasteiger partial charge in [0.2, 0.25) is 23.8 Å². The number of thiol groups is 1. The molecule has 0 atom stereocenters. The van der Waals surface area contributed by atoms with E-state index in [1.165, 1.54) is 0 Å².